The van der Waals surface area contributed by atoms with Crippen LogP contribution in [0.5, 0.6) is 5.75 Å². The Hall–Kier alpha value is -1.05. The number of hydrogen-bond acceptors (Lipinski definition) is 2. The second-order valence-electron chi connectivity index (χ2n) is 2.73. The zero-order valence-electron chi connectivity index (χ0n) is 7.92. The molecule has 0 bridgehead atoms. The molecule has 1 rings (SSSR count). The van der Waals surface area contributed by atoms with Gasteiger partial charge in [0.15, 0.2) is 0 Å². The third-order valence-electron chi connectivity index (χ3n) is 1.77. The number of pyridine rings is 1. The maximum atomic E-state index is 5.44. The molecule has 0 N–H and O–H groups in total. The van der Waals surface area contributed by atoms with Crippen LogP contribution in [0.2, 0.25) is 0 Å². The summed E-state index contributed by atoms with van der Waals surface area (Å²) in [5.41, 5.74) is 2.19. The Kier molecular flexibility index (Phi) is 3.09. The van der Waals surface area contributed by atoms with Crippen LogP contribution in [0, 0.1) is 6.92 Å². The zero-order chi connectivity index (χ0) is 8.97. The lowest BCUT2D eigenvalue weighted by atomic mass is 10.2. The summed E-state index contributed by atoms with van der Waals surface area (Å²) in [6, 6.07) is 2.01. The Labute approximate surface area is 73.6 Å². The van der Waals surface area contributed by atoms with Gasteiger partial charge in [-0.25, -0.2) is 0 Å². The first-order chi connectivity index (χ1) is 5.77. The van der Waals surface area contributed by atoms with E-state index >= 15 is 0 Å². The number of ether oxygens (including phenoxy) is 1. The molecular formula is C10H15NO. The van der Waals surface area contributed by atoms with Gasteiger partial charge in [-0.05, 0) is 20.3 Å². The van der Waals surface area contributed by atoms with Crippen molar-refractivity contribution >= 4 is 0 Å². The Balaban J connectivity index is 2.91. The monoisotopic (exact) mass is 165 g/mol. The maximum Gasteiger partial charge on any atom is 0.125 e. The zero-order valence-corrected chi connectivity index (χ0v) is 7.92. The van der Waals surface area contributed by atoms with Crippen LogP contribution in [-0.4, -0.2) is 11.6 Å². The number of nitrogens with zero attached hydrogens (tertiary/aromatic N) is 1. The van der Waals surface area contributed by atoms with Gasteiger partial charge in [-0.1, -0.05) is 6.92 Å². The molecule has 12 heavy (non-hydrogen) atoms. The van der Waals surface area contributed by atoms with Crippen LogP contribution in [0.15, 0.2) is 12.3 Å². The van der Waals surface area contributed by atoms with Gasteiger partial charge in [0, 0.05) is 23.5 Å². The molecule has 0 atom stereocenters. The summed E-state index contributed by atoms with van der Waals surface area (Å²) >= 11 is 0. The van der Waals surface area contributed by atoms with Crippen molar-refractivity contribution in [3.05, 3.63) is 23.5 Å². The maximum absolute atomic E-state index is 5.44. The van der Waals surface area contributed by atoms with Gasteiger partial charge < -0.3 is 4.74 Å². The second kappa shape index (κ2) is 4.10. The molecule has 0 saturated heterocycles. The summed E-state index contributed by atoms with van der Waals surface area (Å²) in [4.78, 5) is 4.26. The summed E-state index contributed by atoms with van der Waals surface area (Å²) in [5.74, 6) is 0.962. The fourth-order valence-electron chi connectivity index (χ4n) is 1.05. The van der Waals surface area contributed by atoms with E-state index < -0.39 is 0 Å². The molecule has 0 aliphatic heterocycles. The van der Waals surface area contributed by atoms with Gasteiger partial charge in [-0.15, -0.1) is 0 Å². The van der Waals surface area contributed by atoms with E-state index in [0.717, 1.165) is 23.4 Å². The molecule has 2 nitrogen and oxygen atoms in total. The summed E-state index contributed by atoms with van der Waals surface area (Å²) in [6.07, 6.45) is 2.82. The average molecular weight is 165 g/mol. The van der Waals surface area contributed by atoms with E-state index in [2.05, 4.69) is 11.9 Å². The predicted molar refractivity (Wildman–Crippen MR) is 49.5 cm³/mol. The highest BCUT2D eigenvalue weighted by Crippen LogP contribution is 2.17. The smallest absolute Gasteiger partial charge is 0.125 e. The highest BCUT2D eigenvalue weighted by atomic mass is 16.5. The lowest BCUT2D eigenvalue weighted by Gasteiger charge is -2.07. The van der Waals surface area contributed by atoms with Gasteiger partial charge >= 0.3 is 0 Å². The molecular weight excluding hydrogens is 150 g/mol. The van der Waals surface area contributed by atoms with Crippen LogP contribution in [-0.2, 0) is 6.42 Å². The van der Waals surface area contributed by atoms with Crippen molar-refractivity contribution in [1.29, 1.82) is 0 Å². The van der Waals surface area contributed by atoms with Gasteiger partial charge in [-0.3, -0.25) is 4.98 Å². The van der Waals surface area contributed by atoms with Crippen LogP contribution < -0.4 is 4.74 Å². The van der Waals surface area contributed by atoms with E-state index in [9.17, 15) is 0 Å². The molecule has 1 heterocycles. The van der Waals surface area contributed by atoms with E-state index in [-0.39, 0.29) is 0 Å². The fraction of sp³-hybridized carbons (Fsp3) is 0.500. The first-order valence-corrected chi connectivity index (χ1v) is 4.36. The highest BCUT2D eigenvalue weighted by Gasteiger charge is 1.99. The summed E-state index contributed by atoms with van der Waals surface area (Å²) in [6.45, 7) is 6.81. The summed E-state index contributed by atoms with van der Waals surface area (Å²) < 4.78 is 5.44. The molecule has 0 fully saturated rings. The van der Waals surface area contributed by atoms with Crippen LogP contribution in [0.3, 0.4) is 0 Å². The van der Waals surface area contributed by atoms with Crippen molar-refractivity contribution in [3.63, 3.8) is 0 Å². The van der Waals surface area contributed by atoms with Crippen LogP contribution in [0.4, 0.5) is 0 Å². The molecule has 2 heteroatoms. The molecule has 0 aliphatic carbocycles. The molecule has 1 aromatic heterocycles. The predicted octanol–water partition coefficient (Wildman–Crippen LogP) is 2.35. The second-order valence-corrected chi connectivity index (χ2v) is 2.73. The lowest BCUT2D eigenvalue weighted by molar-refractivity contribution is 0.337. The molecule has 0 aromatic carbocycles. The number of hydrogen-bond donors (Lipinski definition) is 0. The van der Waals surface area contributed by atoms with E-state index in [1.165, 1.54) is 0 Å². The molecule has 66 valence electrons. The van der Waals surface area contributed by atoms with Gasteiger partial charge in [0.1, 0.15) is 5.75 Å². The van der Waals surface area contributed by atoms with E-state index in [0.29, 0.717) is 6.61 Å². The minimum atomic E-state index is 0.716. The van der Waals surface area contributed by atoms with Crippen molar-refractivity contribution in [2.75, 3.05) is 6.61 Å². The van der Waals surface area contributed by atoms with Crippen molar-refractivity contribution in [1.82, 2.24) is 4.98 Å². The highest BCUT2D eigenvalue weighted by molar-refractivity contribution is 5.31. The molecule has 0 aliphatic rings. The van der Waals surface area contributed by atoms with Gasteiger partial charge in [-0.2, -0.15) is 0 Å². The minimum Gasteiger partial charge on any atom is -0.493 e. The van der Waals surface area contributed by atoms with Gasteiger partial charge in [0.2, 0.25) is 0 Å². The molecule has 0 spiro atoms. The normalized spacial score (nSPS) is 9.92. The Morgan fingerprint density at radius 3 is 2.75 bits per heavy atom. The van der Waals surface area contributed by atoms with Crippen LogP contribution >= 0.6 is 0 Å². The lowest BCUT2D eigenvalue weighted by Crippen LogP contribution is -1.96. The topological polar surface area (TPSA) is 22.1 Å². The van der Waals surface area contributed by atoms with Crippen molar-refractivity contribution in [3.8, 4) is 5.75 Å². The first-order valence-electron chi connectivity index (χ1n) is 4.36. The first kappa shape index (κ1) is 9.04. The average Bonchev–Trinajstić information content (AvgIpc) is 2.09. The molecule has 1 aromatic rings. The third kappa shape index (κ3) is 1.97. The van der Waals surface area contributed by atoms with Crippen molar-refractivity contribution < 1.29 is 4.74 Å². The fourth-order valence-corrected chi connectivity index (χ4v) is 1.05. The molecule has 0 radical (unpaired) electrons. The third-order valence-corrected chi connectivity index (χ3v) is 1.77. The number of aryl methyl sites for hydroxylation is 2. The van der Waals surface area contributed by atoms with Crippen molar-refractivity contribution in [2.45, 2.75) is 27.2 Å². The van der Waals surface area contributed by atoms with E-state index in [1.807, 2.05) is 26.1 Å². The Morgan fingerprint density at radius 2 is 2.17 bits per heavy atom. The van der Waals surface area contributed by atoms with Crippen LogP contribution in [0.1, 0.15) is 25.1 Å². The standard InChI is InChI=1S/C10H15NO/c1-4-9-6-10(12-5-2)8(3)7-11-9/h6-7H,4-5H2,1-3H3. The Morgan fingerprint density at radius 1 is 1.42 bits per heavy atom. The van der Waals surface area contributed by atoms with Crippen LogP contribution in [0.25, 0.3) is 0 Å². The quantitative estimate of drug-likeness (QED) is 0.686. The Bertz CT molecular complexity index is 258. The SMILES string of the molecule is CCOc1cc(CC)ncc1C. The molecule has 0 saturated carbocycles. The van der Waals surface area contributed by atoms with Gasteiger partial charge in [0.05, 0.1) is 6.61 Å². The largest absolute Gasteiger partial charge is 0.493 e. The summed E-state index contributed by atoms with van der Waals surface area (Å²) in [7, 11) is 0. The van der Waals surface area contributed by atoms with E-state index in [1.54, 1.807) is 0 Å². The number of rotatable bonds is 3. The number of aromatic nitrogens is 1. The minimum absolute atomic E-state index is 0.716. The van der Waals surface area contributed by atoms with Crippen molar-refractivity contribution in [2.24, 2.45) is 0 Å². The molecule has 0 unspecified atom stereocenters. The summed E-state index contributed by atoms with van der Waals surface area (Å²) in [5, 5.41) is 0. The molecule has 0 amide bonds. The van der Waals surface area contributed by atoms with E-state index in [4.69, 9.17) is 4.74 Å². The van der Waals surface area contributed by atoms with Gasteiger partial charge in [0.25, 0.3) is 0 Å².